The molecule has 0 bridgehead atoms. The van der Waals surface area contributed by atoms with E-state index in [4.69, 9.17) is 14.7 Å². The summed E-state index contributed by atoms with van der Waals surface area (Å²) in [4.78, 5) is 0. The molecule has 4 heteroatoms. The lowest BCUT2D eigenvalue weighted by Gasteiger charge is -2.15. The van der Waals surface area contributed by atoms with Crippen molar-refractivity contribution in [2.45, 2.75) is 6.29 Å². The molecule has 0 aromatic heterocycles. The minimum Gasteiger partial charge on any atom is -0.379 e. The normalized spacial score (nSPS) is 10.0. The maximum Gasteiger partial charge on any atom is 0.173 e. The number of para-hydroxylation sites is 1. The van der Waals surface area contributed by atoms with Crippen LogP contribution in [0.15, 0.2) is 24.3 Å². The maximum absolute atomic E-state index is 8.85. The highest BCUT2D eigenvalue weighted by molar-refractivity contribution is 5.57. The average Bonchev–Trinajstić information content (AvgIpc) is 2.31. The van der Waals surface area contributed by atoms with E-state index < -0.39 is 0 Å². The second-order valence-electron chi connectivity index (χ2n) is 2.94. The first-order chi connectivity index (χ1) is 7.31. The average molecular weight is 206 g/mol. The summed E-state index contributed by atoms with van der Waals surface area (Å²) in [5.41, 5.74) is 1.41. The Bertz CT molecular complexity index is 343. The first-order valence-electron chi connectivity index (χ1n) is 4.60. The van der Waals surface area contributed by atoms with Crippen LogP contribution in [0, 0.1) is 11.3 Å². The van der Waals surface area contributed by atoms with Gasteiger partial charge in [-0.2, -0.15) is 5.26 Å². The highest BCUT2D eigenvalue weighted by atomic mass is 16.7. The molecule has 1 N–H and O–H groups in total. The van der Waals surface area contributed by atoms with E-state index in [1.54, 1.807) is 20.3 Å². The summed E-state index contributed by atoms with van der Waals surface area (Å²) in [6, 6.07) is 9.42. The Labute approximate surface area is 89.4 Å². The van der Waals surface area contributed by atoms with Gasteiger partial charge in [-0.1, -0.05) is 12.1 Å². The van der Waals surface area contributed by atoms with Crippen molar-refractivity contribution in [3.05, 3.63) is 29.8 Å². The largest absolute Gasteiger partial charge is 0.379 e. The van der Waals surface area contributed by atoms with Gasteiger partial charge in [-0.05, 0) is 12.1 Å². The minimum atomic E-state index is -0.309. The van der Waals surface area contributed by atoms with Crippen LogP contribution in [-0.4, -0.2) is 27.1 Å². The zero-order valence-electron chi connectivity index (χ0n) is 8.86. The number of nitriles is 1. The summed E-state index contributed by atoms with van der Waals surface area (Å²) in [7, 11) is 3.15. The third kappa shape index (κ3) is 3.24. The molecule has 0 spiro atoms. The van der Waals surface area contributed by atoms with Crippen molar-refractivity contribution in [2.24, 2.45) is 0 Å². The van der Waals surface area contributed by atoms with Crippen LogP contribution in [-0.2, 0) is 9.47 Å². The van der Waals surface area contributed by atoms with Gasteiger partial charge in [0.1, 0.15) is 6.07 Å². The molecule has 80 valence electrons. The lowest BCUT2D eigenvalue weighted by atomic mass is 10.2. The first kappa shape index (κ1) is 11.5. The standard InChI is InChI=1S/C11H14N2O2/c1-14-11(15-2)8-13-10-6-4-3-5-9(10)7-12/h3-6,11,13H,8H2,1-2H3. The third-order valence-corrected chi connectivity index (χ3v) is 2.03. The van der Waals surface area contributed by atoms with Crippen LogP contribution in [0.2, 0.25) is 0 Å². The van der Waals surface area contributed by atoms with Crippen molar-refractivity contribution < 1.29 is 9.47 Å². The summed E-state index contributed by atoms with van der Waals surface area (Å²) < 4.78 is 10.1. The summed E-state index contributed by atoms with van der Waals surface area (Å²) >= 11 is 0. The van der Waals surface area contributed by atoms with E-state index in [0.29, 0.717) is 12.1 Å². The molecule has 0 radical (unpaired) electrons. The van der Waals surface area contributed by atoms with Gasteiger partial charge in [0.15, 0.2) is 6.29 Å². The molecule has 4 nitrogen and oxygen atoms in total. The number of nitrogens with zero attached hydrogens (tertiary/aromatic N) is 1. The molecule has 0 heterocycles. The highest BCUT2D eigenvalue weighted by Crippen LogP contribution is 2.13. The number of anilines is 1. The Morgan fingerprint density at radius 1 is 1.33 bits per heavy atom. The van der Waals surface area contributed by atoms with E-state index >= 15 is 0 Å². The Kier molecular flexibility index (Phi) is 4.61. The fourth-order valence-corrected chi connectivity index (χ4v) is 1.19. The van der Waals surface area contributed by atoms with Crippen LogP contribution >= 0.6 is 0 Å². The summed E-state index contributed by atoms with van der Waals surface area (Å²) in [5.74, 6) is 0. The van der Waals surface area contributed by atoms with Crippen LogP contribution in [0.5, 0.6) is 0 Å². The van der Waals surface area contributed by atoms with Crippen LogP contribution in [0.25, 0.3) is 0 Å². The number of hydrogen-bond donors (Lipinski definition) is 1. The second-order valence-corrected chi connectivity index (χ2v) is 2.94. The summed E-state index contributed by atoms with van der Waals surface area (Å²) in [6.45, 7) is 0.506. The van der Waals surface area contributed by atoms with E-state index in [1.807, 2.05) is 18.2 Å². The predicted molar refractivity (Wildman–Crippen MR) is 57.5 cm³/mol. The smallest absolute Gasteiger partial charge is 0.173 e. The Hall–Kier alpha value is -1.57. The van der Waals surface area contributed by atoms with Crippen molar-refractivity contribution in [2.75, 3.05) is 26.1 Å². The molecule has 0 unspecified atom stereocenters. The van der Waals surface area contributed by atoms with E-state index in [1.165, 1.54) is 0 Å². The minimum absolute atomic E-state index is 0.309. The van der Waals surface area contributed by atoms with Gasteiger partial charge in [0.25, 0.3) is 0 Å². The fraction of sp³-hybridized carbons (Fsp3) is 0.364. The molecule has 0 saturated carbocycles. The highest BCUT2D eigenvalue weighted by Gasteiger charge is 2.05. The number of ether oxygens (including phenoxy) is 2. The van der Waals surface area contributed by atoms with Crippen molar-refractivity contribution in [1.29, 1.82) is 5.26 Å². The molecule has 0 aliphatic rings. The fourth-order valence-electron chi connectivity index (χ4n) is 1.19. The van der Waals surface area contributed by atoms with E-state index in [2.05, 4.69) is 11.4 Å². The van der Waals surface area contributed by atoms with Crippen molar-refractivity contribution in [3.63, 3.8) is 0 Å². The predicted octanol–water partition coefficient (Wildman–Crippen LogP) is 1.59. The van der Waals surface area contributed by atoms with E-state index in [-0.39, 0.29) is 6.29 Å². The first-order valence-corrected chi connectivity index (χ1v) is 4.60. The van der Waals surface area contributed by atoms with Gasteiger partial charge in [-0.25, -0.2) is 0 Å². The lowest BCUT2D eigenvalue weighted by Crippen LogP contribution is -2.23. The van der Waals surface area contributed by atoms with Gasteiger partial charge in [-0.3, -0.25) is 0 Å². The van der Waals surface area contributed by atoms with Crippen LogP contribution < -0.4 is 5.32 Å². The van der Waals surface area contributed by atoms with Crippen LogP contribution in [0.1, 0.15) is 5.56 Å². The molecule has 0 saturated heterocycles. The molecule has 0 aliphatic heterocycles. The second kappa shape index (κ2) is 6.02. The molecule has 1 aromatic rings. The van der Waals surface area contributed by atoms with Crippen LogP contribution in [0.4, 0.5) is 5.69 Å². The molecule has 0 amide bonds. The van der Waals surface area contributed by atoms with Gasteiger partial charge in [0.05, 0.1) is 17.8 Å². The Morgan fingerprint density at radius 2 is 2.00 bits per heavy atom. The van der Waals surface area contributed by atoms with E-state index in [9.17, 15) is 0 Å². The van der Waals surface area contributed by atoms with Gasteiger partial charge in [0.2, 0.25) is 0 Å². The SMILES string of the molecule is COC(CNc1ccccc1C#N)OC. The topological polar surface area (TPSA) is 54.3 Å². The van der Waals surface area contributed by atoms with Crippen molar-refractivity contribution in [1.82, 2.24) is 0 Å². The molecule has 0 fully saturated rings. The Morgan fingerprint density at radius 3 is 2.60 bits per heavy atom. The number of hydrogen-bond acceptors (Lipinski definition) is 4. The molecule has 15 heavy (non-hydrogen) atoms. The monoisotopic (exact) mass is 206 g/mol. The van der Waals surface area contributed by atoms with Gasteiger partial charge in [0, 0.05) is 14.2 Å². The molecule has 1 rings (SSSR count). The zero-order chi connectivity index (χ0) is 11.1. The summed E-state index contributed by atoms with van der Waals surface area (Å²) in [5, 5.41) is 11.9. The summed E-state index contributed by atoms with van der Waals surface area (Å²) in [6.07, 6.45) is -0.309. The molecule has 1 aromatic carbocycles. The van der Waals surface area contributed by atoms with Gasteiger partial charge in [-0.15, -0.1) is 0 Å². The van der Waals surface area contributed by atoms with Gasteiger partial charge < -0.3 is 14.8 Å². The van der Waals surface area contributed by atoms with Crippen molar-refractivity contribution >= 4 is 5.69 Å². The quantitative estimate of drug-likeness (QED) is 0.743. The van der Waals surface area contributed by atoms with Gasteiger partial charge >= 0.3 is 0 Å². The molecule has 0 aliphatic carbocycles. The number of benzene rings is 1. The van der Waals surface area contributed by atoms with E-state index in [0.717, 1.165) is 5.69 Å². The number of nitrogens with one attached hydrogen (secondary N) is 1. The Balaban J connectivity index is 2.61. The third-order valence-electron chi connectivity index (χ3n) is 2.03. The lowest BCUT2D eigenvalue weighted by molar-refractivity contribution is -0.0914. The molecular weight excluding hydrogens is 192 g/mol. The number of rotatable bonds is 5. The maximum atomic E-state index is 8.85. The number of methoxy groups -OCH3 is 2. The van der Waals surface area contributed by atoms with Crippen molar-refractivity contribution in [3.8, 4) is 6.07 Å². The molecular formula is C11H14N2O2. The van der Waals surface area contributed by atoms with Crippen LogP contribution in [0.3, 0.4) is 0 Å². The zero-order valence-corrected chi connectivity index (χ0v) is 8.86. The molecule has 0 atom stereocenters.